The Bertz CT molecular complexity index is 622. The Morgan fingerprint density at radius 2 is 1.60 bits per heavy atom. The molecule has 0 aliphatic heterocycles. The van der Waals surface area contributed by atoms with Crippen molar-refractivity contribution in [2.45, 2.75) is 39.8 Å². The summed E-state index contributed by atoms with van der Waals surface area (Å²) in [6.07, 6.45) is -1.06. The Labute approximate surface area is 147 Å². The van der Waals surface area contributed by atoms with Crippen LogP contribution in [0.2, 0.25) is 0 Å². The molecule has 0 heterocycles. The molecule has 0 saturated carbocycles. The fraction of sp³-hybridized carbons (Fsp3) is 0.500. The van der Waals surface area contributed by atoms with Gasteiger partial charge < -0.3 is 14.2 Å². The van der Waals surface area contributed by atoms with E-state index in [1.165, 1.54) is 26.0 Å². The van der Waals surface area contributed by atoms with E-state index >= 15 is 0 Å². The number of ether oxygens (including phenoxy) is 3. The van der Waals surface area contributed by atoms with E-state index in [1.54, 1.807) is 6.92 Å². The molecule has 2 atom stereocenters. The highest BCUT2D eigenvalue weighted by molar-refractivity contribution is 6.01. The van der Waals surface area contributed by atoms with Gasteiger partial charge in [0.2, 0.25) is 0 Å². The summed E-state index contributed by atoms with van der Waals surface area (Å²) in [5, 5.41) is 0. The molecular weight excluding hydrogens is 326 g/mol. The number of esters is 2. The van der Waals surface area contributed by atoms with Gasteiger partial charge in [0, 0.05) is 7.11 Å². The van der Waals surface area contributed by atoms with Crippen LogP contribution in [0.25, 0.3) is 0 Å². The molecule has 0 aliphatic rings. The number of carbonyl (C=O) groups excluding carboxylic acids is 3. The Hall–Kier alpha value is -2.41. The van der Waals surface area contributed by atoms with Crippen LogP contribution >= 0.6 is 0 Å². The van der Waals surface area contributed by atoms with Crippen molar-refractivity contribution in [2.24, 2.45) is 0 Å². The summed E-state index contributed by atoms with van der Waals surface area (Å²) in [6.45, 7) is 6.48. The highest BCUT2D eigenvalue weighted by Crippen LogP contribution is 2.27. The van der Waals surface area contributed by atoms with Gasteiger partial charge in [-0.1, -0.05) is 18.2 Å². The lowest BCUT2D eigenvalue weighted by atomic mass is 10.1. The van der Waals surface area contributed by atoms with E-state index in [1.807, 2.05) is 32.0 Å². The molecule has 0 spiro atoms. The van der Waals surface area contributed by atoms with Gasteiger partial charge in [-0.15, -0.1) is 0 Å². The Balaban J connectivity index is 3.18. The molecule has 1 aromatic rings. The van der Waals surface area contributed by atoms with Crippen LogP contribution in [-0.4, -0.2) is 50.8 Å². The molecule has 1 unspecified atom stereocenters. The quantitative estimate of drug-likeness (QED) is 0.697. The molecule has 25 heavy (non-hydrogen) atoms. The highest BCUT2D eigenvalue weighted by Gasteiger charge is 2.32. The largest absolute Gasteiger partial charge is 0.466 e. The molecule has 0 N–H and O–H groups in total. The lowest BCUT2D eigenvalue weighted by molar-refractivity contribution is -0.165. The molecule has 0 aliphatic carbocycles. The third-order valence-electron chi connectivity index (χ3n) is 3.77. The zero-order valence-electron chi connectivity index (χ0n) is 15.5. The van der Waals surface area contributed by atoms with Gasteiger partial charge in [0.25, 0.3) is 5.91 Å². The number of amides is 1. The number of carbonyl (C=O) groups is 3. The zero-order valence-corrected chi connectivity index (χ0v) is 15.5. The Morgan fingerprint density at radius 3 is 2.08 bits per heavy atom. The number of methoxy groups -OCH3 is 2. The SMILES string of the molecule is COCC(=O)N(c1c(C)cccc1C)[C@@H](C)C(=O)OC(C)C(=O)OC. The van der Waals surface area contributed by atoms with Crippen LogP contribution in [0.1, 0.15) is 25.0 Å². The summed E-state index contributed by atoms with van der Waals surface area (Å²) >= 11 is 0. The molecule has 0 bridgehead atoms. The van der Waals surface area contributed by atoms with E-state index < -0.39 is 24.1 Å². The first-order valence-electron chi connectivity index (χ1n) is 7.90. The maximum Gasteiger partial charge on any atom is 0.346 e. The van der Waals surface area contributed by atoms with E-state index in [0.717, 1.165) is 11.1 Å². The number of nitrogens with zero attached hydrogens (tertiary/aromatic N) is 1. The van der Waals surface area contributed by atoms with Crippen molar-refractivity contribution in [3.05, 3.63) is 29.3 Å². The minimum absolute atomic E-state index is 0.183. The van der Waals surface area contributed by atoms with E-state index in [9.17, 15) is 14.4 Å². The van der Waals surface area contributed by atoms with Crippen molar-refractivity contribution in [1.82, 2.24) is 0 Å². The van der Waals surface area contributed by atoms with Gasteiger partial charge in [0.1, 0.15) is 12.6 Å². The molecule has 1 amide bonds. The predicted molar refractivity (Wildman–Crippen MR) is 92.3 cm³/mol. The molecule has 0 radical (unpaired) electrons. The van der Waals surface area contributed by atoms with E-state index in [0.29, 0.717) is 5.69 Å². The van der Waals surface area contributed by atoms with E-state index in [2.05, 4.69) is 4.74 Å². The summed E-state index contributed by atoms with van der Waals surface area (Å²) < 4.78 is 14.6. The van der Waals surface area contributed by atoms with Gasteiger partial charge in [-0.25, -0.2) is 9.59 Å². The van der Waals surface area contributed by atoms with E-state index in [4.69, 9.17) is 9.47 Å². The maximum atomic E-state index is 12.6. The van der Waals surface area contributed by atoms with Crippen molar-refractivity contribution in [3.8, 4) is 0 Å². The topological polar surface area (TPSA) is 82.1 Å². The van der Waals surface area contributed by atoms with Crippen molar-refractivity contribution in [2.75, 3.05) is 25.7 Å². The predicted octanol–water partition coefficient (Wildman–Crippen LogP) is 1.78. The second-order valence-electron chi connectivity index (χ2n) is 5.72. The number of anilines is 1. The molecule has 0 saturated heterocycles. The first kappa shape index (κ1) is 20.6. The highest BCUT2D eigenvalue weighted by atomic mass is 16.6. The Kier molecular flexibility index (Phi) is 7.57. The summed E-state index contributed by atoms with van der Waals surface area (Å²) in [7, 11) is 2.62. The van der Waals surface area contributed by atoms with Crippen molar-refractivity contribution in [3.63, 3.8) is 0 Å². The fourth-order valence-corrected chi connectivity index (χ4v) is 2.51. The summed E-state index contributed by atoms with van der Waals surface area (Å²) in [6, 6.07) is 4.64. The lowest BCUT2D eigenvalue weighted by Gasteiger charge is -2.31. The average molecular weight is 351 g/mol. The minimum Gasteiger partial charge on any atom is -0.466 e. The third kappa shape index (κ3) is 5.03. The van der Waals surface area contributed by atoms with E-state index in [-0.39, 0.29) is 12.5 Å². The average Bonchev–Trinajstić information content (AvgIpc) is 2.56. The van der Waals surface area contributed by atoms with Gasteiger partial charge in [0.05, 0.1) is 12.8 Å². The number of para-hydroxylation sites is 1. The van der Waals surface area contributed by atoms with Crippen LogP contribution < -0.4 is 4.90 Å². The monoisotopic (exact) mass is 351 g/mol. The van der Waals surface area contributed by atoms with Crippen molar-refractivity contribution in [1.29, 1.82) is 0 Å². The van der Waals surface area contributed by atoms with Gasteiger partial charge in [0.15, 0.2) is 6.10 Å². The molecule has 0 aromatic heterocycles. The van der Waals surface area contributed by atoms with Crippen LogP contribution in [0.5, 0.6) is 0 Å². The second-order valence-corrected chi connectivity index (χ2v) is 5.72. The summed E-state index contributed by atoms with van der Waals surface area (Å²) in [5.41, 5.74) is 2.30. The van der Waals surface area contributed by atoms with Crippen molar-refractivity contribution >= 4 is 23.5 Å². The Morgan fingerprint density at radius 1 is 1.04 bits per heavy atom. The first-order valence-corrected chi connectivity index (χ1v) is 7.90. The molecule has 1 rings (SSSR count). The van der Waals surface area contributed by atoms with Crippen molar-refractivity contribution < 1.29 is 28.6 Å². The zero-order chi connectivity index (χ0) is 19.1. The molecular formula is C18H25NO6. The van der Waals surface area contributed by atoms with Gasteiger partial charge >= 0.3 is 11.9 Å². The molecule has 0 fully saturated rings. The number of hydrogen-bond donors (Lipinski definition) is 0. The standard InChI is InChI=1S/C18H25NO6/c1-11-8-7-9-12(2)16(11)19(15(20)10-23-5)13(3)17(21)25-14(4)18(22)24-6/h7-9,13-14H,10H2,1-6H3/t13-,14?/m0/s1. The second kappa shape index (κ2) is 9.17. The number of hydrogen-bond acceptors (Lipinski definition) is 6. The van der Waals surface area contributed by atoms with Crippen LogP contribution in [-0.2, 0) is 28.6 Å². The minimum atomic E-state index is -1.06. The molecule has 1 aromatic carbocycles. The number of rotatable bonds is 7. The lowest BCUT2D eigenvalue weighted by Crippen LogP contribution is -2.47. The third-order valence-corrected chi connectivity index (χ3v) is 3.77. The van der Waals surface area contributed by atoms with Gasteiger partial charge in [-0.2, -0.15) is 0 Å². The van der Waals surface area contributed by atoms with Crippen LogP contribution in [0.4, 0.5) is 5.69 Å². The number of aryl methyl sites for hydroxylation is 2. The molecule has 7 heteroatoms. The fourth-order valence-electron chi connectivity index (χ4n) is 2.51. The molecule has 138 valence electrons. The summed E-state index contributed by atoms with van der Waals surface area (Å²) in [5.74, 6) is -1.75. The van der Waals surface area contributed by atoms with Crippen LogP contribution in [0.15, 0.2) is 18.2 Å². The molecule has 7 nitrogen and oxygen atoms in total. The van der Waals surface area contributed by atoms with Crippen LogP contribution in [0.3, 0.4) is 0 Å². The van der Waals surface area contributed by atoms with Gasteiger partial charge in [-0.05, 0) is 38.8 Å². The number of benzene rings is 1. The normalized spacial score (nSPS) is 12.9. The summed E-state index contributed by atoms with van der Waals surface area (Å²) in [4.78, 5) is 37.8. The van der Waals surface area contributed by atoms with Crippen LogP contribution in [0, 0.1) is 13.8 Å². The maximum absolute atomic E-state index is 12.6. The first-order chi connectivity index (χ1) is 11.7. The van der Waals surface area contributed by atoms with Gasteiger partial charge in [-0.3, -0.25) is 9.69 Å². The smallest absolute Gasteiger partial charge is 0.346 e.